The van der Waals surface area contributed by atoms with Crippen LogP contribution in [0.2, 0.25) is 0 Å². The first-order valence-corrected chi connectivity index (χ1v) is 5.44. The van der Waals surface area contributed by atoms with Gasteiger partial charge in [0.25, 0.3) is 0 Å². The van der Waals surface area contributed by atoms with Gasteiger partial charge in [-0.1, -0.05) is 35.9 Å². The van der Waals surface area contributed by atoms with E-state index >= 15 is 0 Å². The third kappa shape index (κ3) is 3.21. The second-order valence-corrected chi connectivity index (χ2v) is 3.81. The molecule has 0 saturated carbocycles. The van der Waals surface area contributed by atoms with Gasteiger partial charge in [-0.15, -0.1) is 5.53 Å². The van der Waals surface area contributed by atoms with Crippen molar-refractivity contribution in [3.05, 3.63) is 60.2 Å². The minimum Gasteiger partial charge on any atom is -0.303 e. The lowest BCUT2D eigenvalue weighted by Gasteiger charge is -2.20. The molecule has 2 aromatic rings. The lowest BCUT2D eigenvalue weighted by Crippen LogP contribution is -2.47. The number of hydrogen-bond donors (Lipinski definition) is 3. The van der Waals surface area contributed by atoms with Crippen LogP contribution in [0.3, 0.4) is 0 Å². The number of hydrazine groups is 3. The number of rotatable bonds is 4. The van der Waals surface area contributed by atoms with Crippen LogP contribution >= 0.6 is 0 Å². The van der Waals surface area contributed by atoms with Crippen LogP contribution in [0.1, 0.15) is 5.56 Å². The maximum atomic E-state index is 5.85. The molecular formula is C13H16N4. The summed E-state index contributed by atoms with van der Waals surface area (Å²) in [6, 6.07) is 17.7. The van der Waals surface area contributed by atoms with Crippen LogP contribution in [-0.4, -0.2) is 0 Å². The molecule has 2 rings (SSSR count). The lowest BCUT2D eigenvalue weighted by atomic mass is 10.2. The third-order valence-corrected chi connectivity index (χ3v) is 2.41. The predicted molar refractivity (Wildman–Crippen MR) is 71.0 cm³/mol. The first-order chi connectivity index (χ1) is 8.25. The van der Waals surface area contributed by atoms with Crippen molar-refractivity contribution in [3.8, 4) is 0 Å². The Bertz CT molecular complexity index is 453. The van der Waals surface area contributed by atoms with Crippen molar-refractivity contribution in [2.24, 2.45) is 5.84 Å². The van der Waals surface area contributed by atoms with Gasteiger partial charge in [-0.05, 0) is 31.2 Å². The fourth-order valence-corrected chi connectivity index (χ4v) is 1.42. The van der Waals surface area contributed by atoms with E-state index in [0.29, 0.717) is 0 Å². The fraction of sp³-hybridized carbons (Fsp3) is 0.0769. The first kappa shape index (κ1) is 11.4. The van der Waals surface area contributed by atoms with Gasteiger partial charge in [-0.2, -0.15) is 0 Å². The second kappa shape index (κ2) is 5.34. The highest BCUT2D eigenvalue weighted by molar-refractivity contribution is 5.47. The smallest absolute Gasteiger partial charge is 0.0718 e. The van der Waals surface area contributed by atoms with Gasteiger partial charge in [0.15, 0.2) is 0 Å². The molecule has 88 valence electrons. The Labute approximate surface area is 101 Å². The normalized spacial score (nSPS) is 10.0. The number of hydrogen-bond acceptors (Lipinski definition) is 4. The first-order valence-electron chi connectivity index (χ1n) is 5.44. The molecule has 0 fully saturated rings. The predicted octanol–water partition coefficient (Wildman–Crippen LogP) is 2.21. The fourth-order valence-electron chi connectivity index (χ4n) is 1.42. The number of nitrogens with one attached hydrogen (secondary N) is 2. The summed E-state index contributed by atoms with van der Waals surface area (Å²) in [7, 11) is 0. The quantitative estimate of drug-likeness (QED) is 0.554. The van der Waals surface area contributed by atoms with E-state index in [1.807, 2.05) is 61.5 Å². The van der Waals surface area contributed by atoms with E-state index in [2.05, 4.69) is 11.0 Å². The molecule has 0 spiro atoms. The number of anilines is 2. The molecule has 17 heavy (non-hydrogen) atoms. The summed E-state index contributed by atoms with van der Waals surface area (Å²) in [4.78, 5) is 0. The molecule has 0 atom stereocenters. The van der Waals surface area contributed by atoms with E-state index in [-0.39, 0.29) is 0 Å². The van der Waals surface area contributed by atoms with Crippen molar-refractivity contribution in [3.63, 3.8) is 0 Å². The summed E-state index contributed by atoms with van der Waals surface area (Å²) in [6.07, 6.45) is 0. The molecule has 0 unspecified atom stereocenters. The molecule has 0 saturated heterocycles. The summed E-state index contributed by atoms with van der Waals surface area (Å²) in [6.45, 7) is 2.04. The second-order valence-electron chi connectivity index (χ2n) is 3.81. The average molecular weight is 228 g/mol. The van der Waals surface area contributed by atoms with Crippen LogP contribution in [0.5, 0.6) is 0 Å². The Morgan fingerprint density at radius 3 is 2.24 bits per heavy atom. The lowest BCUT2D eigenvalue weighted by molar-refractivity contribution is 0.726. The van der Waals surface area contributed by atoms with Crippen LogP contribution in [0, 0.1) is 6.92 Å². The third-order valence-electron chi connectivity index (χ3n) is 2.41. The van der Waals surface area contributed by atoms with E-state index < -0.39 is 0 Å². The number of benzene rings is 2. The summed E-state index contributed by atoms with van der Waals surface area (Å²) in [5, 5.41) is 1.44. The number of para-hydroxylation sites is 1. The highest BCUT2D eigenvalue weighted by Gasteiger charge is 1.99. The number of nitrogens with zero attached hydrogens (tertiary/aromatic N) is 1. The highest BCUT2D eigenvalue weighted by atomic mass is 15.8. The van der Waals surface area contributed by atoms with Crippen molar-refractivity contribution >= 4 is 11.4 Å². The molecule has 0 heterocycles. The Kier molecular flexibility index (Phi) is 3.59. The summed E-state index contributed by atoms with van der Waals surface area (Å²) in [5.41, 5.74) is 8.95. The Morgan fingerprint density at radius 2 is 1.59 bits per heavy atom. The zero-order valence-electron chi connectivity index (χ0n) is 9.72. The highest BCUT2D eigenvalue weighted by Crippen LogP contribution is 2.10. The standard InChI is InChI=1S/C13H16N4/c1-11-7-9-13(10-8-11)17(14)16-15-12-5-3-2-4-6-12/h2-10,15-16H,14H2,1H3. The Hall–Kier alpha value is -2.04. The van der Waals surface area contributed by atoms with E-state index in [4.69, 9.17) is 5.84 Å². The molecule has 0 aliphatic carbocycles. The van der Waals surface area contributed by atoms with Gasteiger partial charge in [0, 0.05) is 0 Å². The SMILES string of the molecule is Cc1ccc(N(N)NNc2ccccc2)cc1. The van der Waals surface area contributed by atoms with E-state index in [0.717, 1.165) is 11.4 Å². The zero-order valence-corrected chi connectivity index (χ0v) is 9.72. The van der Waals surface area contributed by atoms with Gasteiger partial charge in [-0.3, -0.25) is 0 Å². The van der Waals surface area contributed by atoms with Gasteiger partial charge >= 0.3 is 0 Å². The minimum atomic E-state index is 0.888. The molecule has 0 aliphatic heterocycles. The molecule has 4 heteroatoms. The van der Waals surface area contributed by atoms with Gasteiger partial charge in [0.05, 0.1) is 11.4 Å². The van der Waals surface area contributed by atoms with Crippen LogP contribution in [0.25, 0.3) is 0 Å². The molecule has 4 N–H and O–H groups in total. The van der Waals surface area contributed by atoms with Crippen molar-refractivity contribution in [1.29, 1.82) is 0 Å². The molecule has 0 radical (unpaired) electrons. The van der Waals surface area contributed by atoms with Gasteiger partial charge < -0.3 is 5.43 Å². The zero-order chi connectivity index (χ0) is 12.1. The molecule has 0 aliphatic rings. The van der Waals surface area contributed by atoms with E-state index in [9.17, 15) is 0 Å². The van der Waals surface area contributed by atoms with Crippen LogP contribution < -0.4 is 21.9 Å². The Morgan fingerprint density at radius 1 is 0.941 bits per heavy atom. The summed E-state index contributed by atoms with van der Waals surface area (Å²) >= 11 is 0. The minimum absolute atomic E-state index is 0.888. The maximum absolute atomic E-state index is 5.85. The number of aryl methyl sites for hydroxylation is 1. The van der Waals surface area contributed by atoms with Crippen LogP contribution in [0.15, 0.2) is 54.6 Å². The van der Waals surface area contributed by atoms with Crippen molar-refractivity contribution in [2.75, 3.05) is 10.5 Å². The van der Waals surface area contributed by atoms with Gasteiger partial charge in [-0.25, -0.2) is 11.0 Å². The molecule has 0 bridgehead atoms. The van der Waals surface area contributed by atoms with Gasteiger partial charge in [0.1, 0.15) is 0 Å². The van der Waals surface area contributed by atoms with Crippen LogP contribution in [0.4, 0.5) is 11.4 Å². The number of nitrogens with two attached hydrogens (primary N) is 1. The van der Waals surface area contributed by atoms with E-state index in [1.165, 1.54) is 10.7 Å². The average Bonchev–Trinajstić information content (AvgIpc) is 2.38. The molecule has 2 aromatic carbocycles. The van der Waals surface area contributed by atoms with E-state index in [1.54, 1.807) is 0 Å². The van der Waals surface area contributed by atoms with Crippen molar-refractivity contribution in [1.82, 2.24) is 5.53 Å². The van der Waals surface area contributed by atoms with Crippen LogP contribution in [-0.2, 0) is 0 Å². The topological polar surface area (TPSA) is 53.3 Å². The van der Waals surface area contributed by atoms with Crippen molar-refractivity contribution in [2.45, 2.75) is 6.92 Å². The maximum Gasteiger partial charge on any atom is 0.0718 e. The molecule has 4 nitrogen and oxygen atoms in total. The molecule has 0 aromatic heterocycles. The van der Waals surface area contributed by atoms with Gasteiger partial charge in [0.2, 0.25) is 0 Å². The molecule has 0 amide bonds. The summed E-state index contributed by atoms with van der Waals surface area (Å²) < 4.78 is 0. The largest absolute Gasteiger partial charge is 0.303 e. The van der Waals surface area contributed by atoms with Crippen molar-refractivity contribution < 1.29 is 0 Å². The monoisotopic (exact) mass is 228 g/mol. The molecular weight excluding hydrogens is 212 g/mol. The summed E-state index contributed by atoms with van der Waals surface area (Å²) in [5.74, 6) is 5.85. The Balaban J connectivity index is 1.93.